The second kappa shape index (κ2) is 7.14. The van der Waals surface area contributed by atoms with E-state index in [1.165, 1.54) is 11.3 Å². The lowest BCUT2D eigenvalue weighted by atomic mass is 9.90. The van der Waals surface area contributed by atoms with Gasteiger partial charge in [0.25, 0.3) is 5.91 Å². The van der Waals surface area contributed by atoms with Crippen LogP contribution in [0.25, 0.3) is 10.6 Å². The molecule has 1 unspecified atom stereocenters. The first kappa shape index (κ1) is 17.9. The summed E-state index contributed by atoms with van der Waals surface area (Å²) >= 11 is 1.46. The molecule has 6 heteroatoms. The second-order valence-corrected chi connectivity index (χ2v) is 7.88. The van der Waals surface area contributed by atoms with Crippen molar-refractivity contribution in [2.24, 2.45) is 11.1 Å². The van der Waals surface area contributed by atoms with Crippen molar-refractivity contribution in [2.75, 3.05) is 26.2 Å². The van der Waals surface area contributed by atoms with Crippen molar-refractivity contribution in [3.05, 3.63) is 34.8 Å². The number of carbonyl (C=O) groups is 1. The summed E-state index contributed by atoms with van der Waals surface area (Å²) in [4.78, 5) is 20.1. The molecule has 1 aromatic heterocycles. The Hall–Kier alpha value is -1.92. The predicted molar refractivity (Wildman–Crippen MR) is 101 cm³/mol. The average Bonchev–Trinajstić information content (AvgIpc) is 3.19. The van der Waals surface area contributed by atoms with Crippen LogP contribution in [-0.2, 0) is 0 Å². The molecule has 2 N–H and O–H groups in total. The van der Waals surface area contributed by atoms with Gasteiger partial charge in [-0.1, -0.05) is 6.92 Å². The van der Waals surface area contributed by atoms with Crippen molar-refractivity contribution >= 4 is 17.2 Å². The van der Waals surface area contributed by atoms with Gasteiger partial charge in [-0.3, -0.25) is 4.79 Å². The highest BCUT2D eigenvalue weighted by atomic mass is 32.1. The molecule has 5 nitrogen and oxygen atoms in total. The quantitative estimate of drug-likeness (QED) is 0.889. The summed E-state index contributed by atoms with van der Waals surface area (Å²) in [5, 5.41) is 0.865. The first-order chi connectivity index (χ1) is 12.0. The fourth-order valence-electron chi connectivity index (χ4n) is 3.09. The normalized spacial score (nSPS) is 20.1. The molecule has 3 rings (SSSR count). The molecule has 2 heterocycles. The van der Waals surface area contributed by atoms with Gasteiger partial charge >= 0.3 is 0 Å². The number of ether oxygens (including phenoxy) is 1. The number of hydrogen-bond donors (Lipinski definition) is 1. The number of hydrogen-bond acceptors (Lipinski definition) is 5. The summed E-state index contributed by atoms with van der Waals surface area (Å²) in [6.07, 6.45) is 0.957. The monoisotopic (exact) mass is 359 g/mol. The van der Waals surface area contributed by atoms with Crippen LogP contribution in [-0.4, -0.2) is 42.0 Å². The molecule has 0 aliphatic carbocycles. The number of likely N-dealkylation sites (tertiary alicyclic amines) is 1. The molecule has 25 heavy (non-hydrogen) atoms. The molecule has 1 aliphatic heterocycles. The number of rotatable bonds is 5. The van der Waals surface area contributed by atoms with E-state index >= 15 is 0 Å². The molecular weight excluding hydrogens is 334 g/mol. The van der Waals surface area contributed by atoms with Crippen LogP contribution in [0.4, 0.5) is 0 Å². The zero-order chi connectivity index (χ0) is 18.0. The number of thiazole rings is 1. The Bertz CT molecular complexity index is 757. The molecular formula is C19H25N3O2S. The summed E-state index contributed by atoms with van der Waals surface area (Å²) in [6.45, 7) is 8.75. The van der Waals surface area contributed by atoms with Gasteiger partial charge < -0.3 is 15.4 Å². The molecule has 0 bridgehead atoms. The number of amides is 1. The molecule has 2 aromatic rings. The fourth-order valence-corrected chi connectivity index (χ4v) is 4.13. The topological polar surface area (TPSA) is 68.5 Å². The van der Waals surface area contributed by atoms with Gasteiger partial charge in [0.1, 0.15) is 15.6 Å². The standard InChI is InChI=1S/C19H25N3O2S/c1-4-24-15-7-5-14(6-8-15)17-21-13(2)16(25-17)18(23)22-10-9-19(3,11-20)12-22/h5-8H,4,9-12,20H2,1-3H3. The lowest BCUT2D eigenvalue weighted by Gasteiger charge is -2.22. The van der Waals surface area contributed by atoms with Crippen LogP contribution in [0.3, 0.4) is 0 Å². The summed E-state index contributed by atoms with van der Waals surface area (Å²) < 4.78 is 5.47. The lowest BCUT2D eigenvalue weighted by molar-refractivity contribution is 0.0780. The van der Waals surface area contributed by atoms with Gasteiger partial charge in [0.15, 0.2) is 0 Å². The summed E-state index contributed by atoms with van der Waals surface area (Å²) in [6, 6.07) is 7.84. The summed E-state index contributed by atoms with van der Waals surface area (Å²) in [5.74, 6) is 0.915. The lowest BCUT2D eigenvalue weighted by Crippen LogP contribution is -2.34. The Kier molecular flexibility index (Phi) is 5.11. The van der Waals surface area contributed by atoms with Crippen molar-refractivity contribution < 1.29 is 9.53 Å². The SMILES string of the molecule is CCOc1ccc(-c2nc(C)c(C(=O)N3CCC(C)(CN)C3)s2)cc1. The van der Waals surface area contributed by atoms with E-state index in [1.807, 2.05) is 43.0 Å². The van der Waals surface area contributed by atoms with E-state index in [0.717, 1.165) is 46.4 Å². The number of aryl methyl sites for hydroxylation is 1. The molecule has 0 radical (unpaired) electrons. The number of nitrogens with two attached hydrogens (primary N) is 1. The van der Waals surface area contributed by atoms with Crippen LogP contribution in [0.1, 0.15) is 35.6 Å². The van der Waals surface area contributed by atoms with Crippen LogP contribution in [0, 0.1) is 12.3 Å². The molecule has 1 fully saturated rings. The van der Waals surface area contributed by atoms with Gasteiger partial charge in [-0.25, -0.2) is 4.98 Å². The molecule has 0 saturated carbocycles. The highest BCUT2D eigenvalue weighted by Gasteiger charge is 2.36. The van der Waals surface area contributed by atoms with Crippen molar-refractivity contribution in [3.8, 4) is 16.3 Å². The van der Waals surface area contributed by atoms with E-state index in [9.17, 15) is 4.79 Å². The fraction of sp³-hybridized carbons (Fsp3) is 0.474. The largest absolute Gasteiger partial charge is 0.494 e. The van der Waals surface area contributed by atoms with Gasteiger partial charge in [-0.2, -0.15) is 0 Å². The van der Waals surface area contributed by atoms with Crippen LogP contribution in [0.15, 0.2) is 24.3 Å². The molecule has 1 atom stereocenters. The maximum Gasteiger partial charge on any atom is 0.265 e. The first-order valence-electron chi connectivity index (χ1n) is 8.66. The van der Waals surface area contributed by atoms with Crippen LogP contribution in [0.5, 0.6) is 5.75 Å². The van der Waals surface area contributed by atoms with Crippen LogP contribution < -0.4 is 10.5 Å². The van der Waals surface area contributed by atoms with Crippen molar-refractivity contribution in [1.29, 1.82) is 0 Å². The maximum atomic E-state index is 12.9. The van der Waals surface area contributed by atoms with E-state index in [2.05, 4.69) is 11.9 Å². The van der Waals surface area contributed by atoms with Gasteiger partial charge in [0.2, 0.25) is 0 Å². The highest BCUT2D eigenvalue weighted by Crippen LogP contribution is 2.33. The van der Waals surface area contributed by atoms with Crippen molar-refractivity contribution in [3.63, 3.8) is 0 Å². The minimum Gasteiger partial charge on any atom is -0.494 e. The van der Waals surface area contributed by atoms with E-state index in [1.54, 1.807) is 0 Å². The van der Waals surface area contributed by atoms with E-state index in [-0.39, 0.29) is 11.3 Å². The minimum atomic E-state index is 0.0339. The Labute approximate surface area is 152 Å². The maximum absolute atomic E-state index is 12.9. The van der Waals surface area contributed by atoms with Gasteiger partial charge in [0.05, 0.1) is 12.3 Å². The molecule has 1 saturated heterocycles. The number of nitrogens with zero attached hydrogens (tertiary/aromatic N) is 2. The smallest absolute Gasteiger partial charge is 0.265 e. The Morgan fingerprint density at radius 2 is 2.12 bits per heavy atom. The highest BCUT2D eigenvalue weighted by molar-refractivity contribution is 7.17. The zero-order valence-electron chi connectivity index (χ0n) is 15.0. The Morgan fingerprint density at radius 3 is 2.72 bits per heavy atom. The third-order valence-electron chi connectivity index (χ3n) is 4.74. The van der Waals surface area contributed by atoms with Crippen LogP contribution >= 0.6 is 11.3 Å². The van der Waals surface area contributed by atoms with E-state index in [0.29, 0.717) is 13.2 Å². The van der Waals surface area contributed by atoms with E-state index < -0.39 is 0 Å². The number of benzene rings is 1. The van der Waals surface area contributed by atoms with Gasteiger partial charge in [0, 0.05) is 18.7 Å². The first-order valence-corrected chi connectivity index (χ1v) is 9.47. The molecule has 1 aromatic carbocycles. The second-order valence-electron chi connectivity index (χ2n) is 6.88. The Morgan fingerprint density at radius 1 is 1.40 bits per heavy atom. The van der Waals surface area contributed by atoms with Gasteiger partial charge in [-0.15, -0.1) is 11.3 Å². The third-order valence-corrected chi connectivity index (χ3v) is 5.94. The Balaban J connectivity index is 1.79. The number of carbonyl (C=O) groups excluding carboxylic acids is 1. The summed E-state index contributed by atoms with van der Waals surface area (Å²) in [5.41, 5.74) is 7.68. The average molecular weight is 359 g/mol. The molecule has 0 spiro atoms. The summed E-state index contributed by atoms with van der Waals surface area (Å²) in [7, 11) is 0. The minimum absolute atomic E-state index is 0.0339. The molecule has 1 amide bonds. The number of aromatic nitrogens is 1. The third kappa shape index (κ3) is 3.70. The predicted octanol–water partition coefficient (Wildman–Crippen LogP) is 3.33. The van der Waals surface area contributed by atoms with Gasteiger partial charge in [-0.05, 0) is 56.5 Å². The molecule has 134 valence electrons. The zero-order valence-corrected chi connectivity index (χ0v) is 15.9. The molecule has 1 aliphatic rings. The van der Waals surface area contributed by atoms with E-state index in [4.69, 9.17) is 10.5 Å². The van der Waals surface area contributed by atoms with Crippen LogP contribution in [0.2, 0.25) is 0 Å². The van der Waals surface area contributed by atoms with Crippen molar-refractivity contribution in [1.82, 2.24) is 9.88 Å². The van der Waals surface area contributed by atoms with Crippen molar-refractivity contribution in [2.45, 2.75) is 27.2 Å².